The molecule has 1 fully saturated rings. The molecule has 0 saturated carbocycles. The van der Waals surface area contributed by atoms with Gasteiger partial charge in [-0.05, 0) is 25.3 Å². The summed E-state index contributed by atoms with van der Waals surface area (Å²) in [6.07, 6.45) is 15.2. The van der Waals surface area contributed by atoms with Gasteiger partial charge in [0.1, 0.15) is 4.90 Å². The Morgan fingerprint density at radius 2 is 1.87 bits per heavy atom. The lowest BCUT2D eigenvalue weighted by atomic mass is 9.94. The normalized spacial score (nSPS) is 20.5. The van der Waals surface area contributed by atoms with E-state index < -0.39 is 9.84 Å². The summed E-state index contributed by atoms with van der Waals surface area (Å²) in [6, 6.07) is -0.135. The Bertz CT molecular complexity index is 974. The molecule has 0 unspecified atom stereocenters. The lowest BCUT2D eigenvalue weighted by Gasteiger charge is -2.33. The fraction of sp³-hybridized carbons (Fsp3) is 0.429. The van der Waals surface area contributed by atoms with Gasteiger partial charge < -0.3 is 4.90 Å². The van der Waals surface area contributed by atoms with Crippen molar-refractivity contribution in [2.45, 2.75) is 37.1 Å². The van der Waals surface area contributed by atoms with Crippen LogP contribution in [-0.4, -0.2) is 60.9 Å². The molecular weight excluding hydrogens is 402 g/mol. The number of carbonyl (C=O) groups is 1. The zero-order valence-electron chi connectivity index (χ0n) is 17.3. The number of hydrogen-bond donors (Lipinski definition) is 0. The molecule has 0 radical (unpaired) electrons. The van der Waals surface area contributed by atoms with Crippen LogP contribution in [0.15, 0.2) is 58.8 Å². The molecule has 30 heavy (non-hydrogen) atoms. The van der Waals surface area contributed by atoms with Crippen molar-refractivity contribution >= 4 is 27.9 Å². The average molecular weight is 430 g/mol. The van der Waals surface area contributed by atoms with Gasteiger partial charge in [0.25, 0.3) is 0 Å². The fourth-order valence-corrected chi connectivity index (χ4v) is 4.00. The summed E-state index contributed by atoms with van der Waals surface area (Å²) in [4.78, 5) is 23.5. The first-order chi connectivity index (χ1) is 14.3. The van der Waals surface area contributed by atoms with Gasteiger partial charge in [-0.25, -0.2) is 23.4 Å². The Hall–Kier alpha value is -2.81. The van der Waals surface area contributed by atoms with E-state index in [1.807, 2.05) is 36.1 Å². The summed E-state index contributed by atoms with van der Waals surface area (Å²) in [7, 11) is -3.32. The van der Waals surface area contributed by atoms with E-state index >= 15 is 0 Å². The Labute approximate surface area is 177 Å². The van der Waals surface area contributed by atoms with Gasteiger partial charge in [-0.2, -0.15) is 5.10 Å². The first-order valence-electron chi connectivity index (χ1n) is 9.92. The molecule has 0 bridgehead atoms. The first kappa shape index (κ1) is 21.9. The Morgan fingerprint density at radius 1 is 1.20 bits per heavy atom. The lowest BCUT2D eigenvalue weighted by molar-refractivity contribution is -0.137. The van der Waals surface area contributed by atoms with E-state index in [1.165, 1.54) is 12.4 Å². The van der Waals surface area contributed by atoms with E-state index in [0.717, 1.165) is 11.8 Å². The summed E-state index contributed by atoms with van der Waals surface area (Å²) in [5, 5.41) is 5.87. The minimum atomic E-state index is -3.32. The number of amides is 1. The SMILES string of the molecule is C=C(/C=C\C=C/C)[C@@H]1CC=NN1C(=O)C1CCN(c2ncc(S(C)(=O)=O)cn2)CC1. The number of piperidine rings is 1. The zero-order chi connectivity index (χ0) is 21.7. The molecule has 1 atom stereocenters. The minimum Gasteiger partial charge on any atom is -0.341 e. The van der Waals surface area contributed by atoms with Crippen molar-refractivity contribution in [3.8, 4) is 0 Å². The molecule has 1 aromatic heterocycles. The summed E-state index contributed by atoms with van der Waals surface area (Å²) >= 11 is 0. The Kier molecular flexibility index (Phi) is 6.81. The Balaban J connectivity index is 1.59. The number of aromatic nitrogens is 2. The standard InChI is InChI=1S/C21H27N5O3S/c1-4-5-6-7-16(2)19-8-11-24-26(19)20(27)17-9-12-25(13-10-17)21-22-14-18(15-23-21)30(3,28)29/h4-7,11,14-15,17,19H,2,8-10,12-13H2,1,3H3/b5-4-,7-6-/t19-/m0/s1. The molecule has 1 amide bonds. The molecule has 3 rings (SSSR count). The highest BCUT2D eigenvalue weighted by molar-refractivity contribution is 7.90. The smallest absolute Gasteiger partial charge is 0.246 e. The number of sulfone groups is 1. The topological polar surface area (TPSA) is 95.8 Å². The van der Waals surface area contributed by atoms with Crippen molar-refractivity contribution in [3.63, 3.8) is 0 Å². The van der Waals surface area contributed by atoms with Gasteiger partial charge in [0, 0.05) is 37.9 Å². The van der Waals surface area contributed by atoms with Crippen molar-refractivity contribution in [1.82, 2.24) is 15.0 Å². The number of nitrogens with zero attached hydrogens (tertiary/aromatic N) is 5. The third-order valence-electron chi connectivity index (χ3n) is 5.27. The highest BCUT2D eigenvalue weighted by Crippen LogP contribution is 2.27. The van der Waals surface area contributed by atoms with Gasteiger partial charge >= 0.3 is 0 Å². The second kappa shape index (κ2) is 9.34. The molecule has 0 N–H and O–H groups in total. The van der Waals surface area contributed by atoms with Crippen LogP contribution in [0.3, 0.4) is 0 Å². The van der Waals surface area contributed by atoms with E-state index in [9.17, 15) is 13.2 Å². The van der Waals surface area contributed by atoms with Gasteiger partial charge in [0.2, 0.25) is 11.9 Å². The first-order valence-corrected chi connectivity index (χ1v) is 11.8. The summed E-state index contributed by atoms with van der Waals surface area (Å²) in [5.74, 6) is 0.372. The van der Waals surface area contributed by atoms with Crippen LogP contribution in [0.2, 0.25) is 0 Å². The molecule has 1 aromatic rings. The molecule has 2 aliphatic heterocycles. The molecule has 3 heterocycles. The molecule has 0 aliphatic carbocycles. The summed E-state index contributed by atoms with van der Waals surface area (Å²) in [6.45, 7) is 7.29. The average Bonchev–Trinajstić information content (AvgIpc) is 3.23. The monoisotopic (exact) mass is 429 g/mol. The van der Waals surface area contributed by atoms with Crippen molar-refractivity contribution in [2.24, 2.45) is 11.0 Å². The maximum atomic E-state index is 13.1. The maximum absolute atomic E-state index is 13.1. The molecule has 2 aliphatic rings. The van der Waals surface area contributed by atoms with Gasteiger partial charge in [-0.1, -0.05) is 30.9 Å². The van der Waals surface area contributed by atoms with Gasteiger partial charge in [-0.3, -0.25) is 4.79 Å². The van der Waals surface area contributed by atoms with Crippen LogP contribution in [0, 0.1) is 5.92 Å². The summed E-state index contributed by atoms with van der Waals surface area (Å²) < 4.78 is 23.1. The van der Waals surface area contributed by atoms with Gasteiger partial charge in [0.05, 0.1) is 18.4 Å². The molecule has 0 spiro atoms. The quantitative estimate of drug-likeness (QED) is 0.644. The van der Waals surface area contributed by atoms with Crippen LogP contribution in [0.1, 0.15) is 26.2 Å². The second-order valence-electron chi connectivity index (χ2n) is 7.44. The number of rotatable bonds is 6. The van der Waals surface area contributed by atoms with Crippen LogP contribution >= 0.6 is 0 Å². The molecule has 8 nitrogen and oxygen atoms in total. The fourth-order valence-electron chi connectivity index (χ4n) is 3.51. The van der Waals surface area contributed by atoms with Crippen molar-refractivity contribution in [2.75, 3.05) is 24.2 Å². The van der Waals surface area contributed by atoms with Crippen LogP contribution in [0.4, 0.5) is 5.95 Å². The van der Waals surface area contributed by atoms with E-state index in [0.29, 0.717) is 38.3 Å². The number of anilines is 1. The Morgan fingerprint density at radius 3 is 2.47 bits per heavy atom. The van der Waals surface area contributed by atoms with Gasteiger partial charge in [0.15, 0.2) is 9.84 Å². The summed E-state index contributed by atoms with van der Waals surface area (Å²) in [5.41, 5.74) is 0.857. The van der Waals surface area contributed by atoms with E-state index in [-0.39, 0.29) is 22.8 Å². The highest BCUT2D eigenvalue weighted by atomic mass is 32.2. The number of carbonyl (C=O) groups excluding carboxylic acids is 1. The molecule has 0 aromatic carbocycles. The number of hydrogen-bond acceptors (Lipinski definition) is 7. The van der Waals surface area contributed by atoms with E-state index in [1.54, 1.807) is 11.2 Å². The van der Waals surface area contributed by atoms with Gasteiger partial charge in [-0.15, -0.1) is 0 Å². The molecular formula is C21H27N5O3S. The van der Waals surface area contributed by atoms with Crippen LogP contribution < -0.4 is 4.90 Å². The minimum absolute atomic E-state index is 0.0160. The molecule has 1 saturated heterocycles. The zero-order valence-corrected chi connectivity index (χ0v) is 18.1. The van der Waals surface area contributed by atoms with Crippen molar-refractivity contribution in [1.29, 1.82) is 0 Å². The predicted molar refractivity (Wildman–Crippen MR) is 117 cm³/mol. The van der Waals surface area contributed by atoms with E-state index in [2.05, 4.69) is 21.6 Å². The third kappa shape index (κ3) is 5.02. The van der Waals surface area contributed by atoms with Crippen molar-refractivity contribution < 1.29 is 13.2 Å². The van der Waals surface area contributed by atoms with Crippen molar-refractivity contribution in [3.05, 3.63) is 48.8 Å². The molecule has 160 valence electrons. The predicted octanol–water partition coefficient (Wildman–Crippen LogP) is 2.37. The molecule has 9 heteroatoms. The maximum Gasteiger partial charge on any atom is 0.246 e. The van der Waals surface area contributed by atoms with Crippen LogP contribution in [0.25, 0.3) is 0 Å². The largest absolute Gasteiger partial charge is 0.341 e. The third-order valence-corrected chi connectivity index (χ3v) is 6.33. The lowest BCUT2D eigenvalue weighted by Crippen LogP contribution is -2.43. The highest BCUT2D eigenvalue weighted by Gasteiger charge is 2.35. The second-order valence-corrected chi connectivity index (χ2v) is 9.46. The number of hydrazone groups is 1. The van der Waals surface area contributed by atoms with Crippen LogP contribution in [0.5, 0.6) is 0 Å². The number of allylic oxidation sites excluding steroid dienone is 3. The van der Waals surface area contributed by atoms with E-state index in [4.69, 9.17) is 0 Å². The van der Waals surface area contributed by atoms with Crippen LogP contribution in [-0.2, 0) is 14.6 Å².